The number of carboxylic acid groups (broad SMARTS) is 1. The highest BCUT2D eigenvalue weighted by Gasteiger charge is 2.16. The van der Waals surface area contributed by atoms with Crippen LogP contribution in [0.15, 0.2) is 54.6 Å². The van der Waals surface area contributed by atoms with Gasteiger partial charge in [0.25, 0.3) is 0 Å². The number of nitrogens with zero attached hydrogens (tertiary/aromatic N) is 1. The lowest BCUT2D eigenvalue weighted by Crippen LogP contribution is -2.13. The van der Waals surface area contributed by atoms with Crippen molar-refractivity contribution in [1.82, 2.24) is 0 Å². The largest absolute Gasteiger partial charge is 0.481 e. The molecule has 106 valence electrons. The van der Waals surface area contributed by atoms with Gasteiger partial charge in [0.2, 0.25) is 0 Å². The molecule has 2 rings (SSSR count). The van der Waals surface area contributed by atoms with Gasteiger partial charge >= 0.3 is 5.97 Å². The van der Waals surface area contributed by atoms with Crippen LogP contribution in [-0.4, -0.2) is 16.3 Å². The van der Waals surface area contributed by atoms with Crippen LogP contribution in [0.25, 0.3) is 11.1 Å². The zero-order chi connectivity index (χ0) is 15.1. The highest BCUT2D eigenvalue weighted by atomic mass is 32.2. The molecule has 21 heavy (non-hydrogen) atoms. The predicted octanol–water partition coefficient (Wildman–Crippen LogP) is 3.95. The molecule has 0 aliphatic carbocycles. The van der Waals surface area contributed by atoms with E-state index in [0.29, 0.717) is 6.42 Å². The Labute approximate surface area is 128 Å². The zero-order valence-corrected chi connectivity index (χ0v) is 12.2. The van der Waals surface area contributed by atoms with E-state index in [1.165, 1.54) is 0 Å². The molecule has 0 aliphatic heterocycles. The van der Waals surface area contributed by atoms with Gasteiger partial charge in [-0.15, -0.1) is 0 Å². The topological polar surface area (TPSA) is 61.1 Å². The number of thiocyanates is 1. The summed E-state index contributed by atoms with van der Waals surface area (Å²) in [6.07, 6.45) is 0.553. The SMILES string of the molecule is N#CSC(CC(=O)O)Cc1ccccc1-c1ccccc1. The van der Waals surface area contributed by atoms with Crippen molar-refractivity contribution in [3.63, 3.8) is 0 Å². The normalized spacial score (nSPS) is 11.6. The monoisotopic (exact) mass is 297 g/mol. The summed E-state index contributed by atoms with van der Waals surface area (Å²) >= 11 is 1.03. The molecule has 0 spiro atoms. The van der Waals surface area contributed by atoms with Crippen LogP contribution in [0, 0.1) is 10.7 Å². The Morgan fingerprint density at radius 2 is 1.81 bits per heavy atom. The summed E-state index contributed by atoms with van der Waals surface area (Å²) in [6.45, 7) is 0. The number of aliphatic carboxylic acids is 1. The second kappa shape index (κ2) is 7.51. The van der Waals surface area contributed by atoms with E-state index in [-0.39, 0.29) is 11.7 Å². The number of hydrogen-bond donors (Lipinski definition) is 1. The quantitative estimate of drug-likeness (QED) is 0.820. The van der Waals surface area contributed by atoms with Crippen molar-refractivity contribution >= 4 is 17.7 Å². The highest BCUT2D eigenvalue weighted by molar-refractivity contribution is 8.04. The Bertz CT molecular complexity index is 649. The lowest BCUT2D eigenvalue weighted by atomic mass is 9.96. The minimum atomic E-state index is -0.875. The lowest BCUT2D eigenvalue weighted by molar-refractivity contribution is -0.136. The first-order valence-electron chi connectivity index (χ1n) is 6.60. The van der Waals surface area contributed by atoms with Gasteiger partial charge in [-0.05, 0) is 34.9 Å². The highest BCUT2D eigenvalue weighted by Crippen LogP contribution is 2.27. The van der Waals surface area contributed by atoms with Gasteiger partial charge in [0.15, 0.2) is 0 Å². The molecule has 0 radical (unpaired) electrons. The molecule has 0 saturated carbocycles. The molecule has 0 saturated heterocycles. The molecule has 2 aromatic carbocycles. The second-order valence-corrected chi connectivity index (χ2v) is 5.74. The van der Waals surface area contributed by atoms with Crippen LogP contribution >= 0.6 is 11.8 Å². The van der Waals surface area contributed by atoms with Gasteiger partial charge in [-0.2, -0.15) is 5.26 Å². The molecule has 0 fully saturated rings. The van der Waals surface area contributed by atoms with Gasteiger partial charge in [-0.25, -0.2) is 0 Å². The van der Waals surface area contributed by atoms with Crippen LogP contribution in [0.3, 0.4) is 0 Å². The van der Waals surface area contributed by atoms with Crippen LogP contribution in [-0.2, 0) is 11.2 Å². The van der Waals surface area contributed by atoms with Crippen molar-refractivity contribution in [2.24, 2.45) is 0 Å². The fraction of sp³-hybridized carbons (Fsp3) is 0.176. The first kappa shape index (κ1) is 15.1. The third kappa shape index (κ3) is 4.37. The number of benzene rings is 2. The number of nitriles is 1. The van der Waals surface area contributed by atoms with E-state index in [9.17, 15) is 4.79 Å². The standard InChI is InChI=1S/C17H15NO2S/c18-12-21-15(11-17(19)20)10-14-8-4-5-9-16(14)13-6-2-1-3-7-13/h1-9,15H,10-11H2,(H,19,20). The molecule has 3 nitrogen and oxygen atoms in total. The number of carbonyl (C=O) groups is 1. The third-order valence-corrected chi connectivity index (χ3v) is 3.94. The summed E-state index contributed by atoms with van der Waals surface area (Å²) in [5.74, 6) is -0.875. The van der Waals surface area contributed by atoms with E-state index in [1.54, 1.807) is 0 Å². The molecule has 0 aromatic heterocycles. The van der Waals surface area contributed by atoms with E-state index < -0.39 is 5.97 Å². The maximum atomic E-state index is 10.9. The van der Waals surface area contributed by atoms with Crippen LogP contribution in [0.2, 0.25) is 0 Å². The first-order valence-corrected chi connectivity index (χ1v) is 7.48. The summed E-state index contributed by atoms with van der Waals surface area (Å²) < 4.78 is 0. The van der Waals surface area contributed by atoms with Gasteiger partial charge in [0.1, 0.15) is 5.40 Å². The van der Waals surface area contributed by atoms with Crippen molar-refractivity contribution < 1.29 is 9.90 Å². The summed E-state index contributed by atoms with van der Waals surface area (Å²) in [7, 11) is 0. The van der Waals surface area contributed by atoms with E-state index in [4.69, 9.17) is 10.4 Å². The maximum Gasteiger partial charge on any atom is 0.304 e. The molecule has 1 N–H and O–H groups in total. The molecule has 0 aliphatic rings. The minimum absolute atomic E-state index is 0.0125. The Balaban J connectivity index is 2.27. The van der Waals surface area contributed by atoms with Crippen molar-refractivity contribution in [3.05, 3.63) is 60.2 Å². The van der Waals surface area contributed by atoms with E-state index in [2.05, 4.69) is 0 Å². The zero-order valence-electron chi connectivity index (χ0n) is 11.4. The lowest BCUT2D eigenvalue weighted by Gasteiger charge is -2.14. The Kier molecular flexibility index (Phi) is 5.42. The smallest absolute Gasteiger partial charge is 0.304 e. The Hall–Kier alpha value is -2.25. The van der Waals surface area contributed by atoms with E-state index >= 15 is 0 Å². The van der Waals surface area contributed by atoms with Gasteiger partial charge in [-0.3, -0.25) is 4.79 Å². The average Bonchev–Trinajstić information content (AvgIpc) is 2.48. The second-order valence-electron chi connectivity index (χ2n) is 4.66. The predicted molar refractivity (Wildman–Crippen MR) is 84.8 cm³/mol. The molecule has 1 atom stereocenters. The first-order chi connectivity index (χ1) is 10.2. The minimum Gasteiger partial charge on any atom is -0.481 e. The van der Waals surface area contributed by atoms with Crippen molar-refractivity contribution in [1.29, 1.82) is 5.26 Å². The van der Waals surface area contributed by atoms with Gasteiger partial charge < -0.3 is 5.11 Å². The molecular weight excluding hydrogens is 282 g/mol. The van der Waals surface area contributed by atoms with E-state index in [1.807, 2.05) is 60.0 Å². The summed E-state index contributed by atoms with van der Waals surface area (Å²) in [5, 5.41) is 19.6. The summed E-state index contributed by atoms with van der Waals surface area (Å²) in [4.78, 5) is 10.9. The van der Waals surface area contributed by atoms with Crippen molar-refractivity contribution in [2.75, 3.05) is 0 Å². The number of carboxylic acids is 1. The fourth-order valence-electron chi connectivity index (χ4n) is 2.27. The van der Waals surface area contributed by atoms with Gasteiger partial charge in [-0.1, -0.05) is 54.6 Å². The van der Waals surface area contributed by atoms with Crippen LogP contribution in [0.1, 0.15) is 12.0 Å². The molecular formula is C17H15NO2S. The van der Waals surface area contributed by atoms with Gasteiger partial charge in [0.05, 0.1) is 6.42 Å². The van der Waals surface area contributed by atoms with Gasteiger partial charge in [0, 0.05) is 5.25 Å². The summed E-state index contributed by atoms with van der Waals surface area (Å²) in [5.41, 5.74) is 3.26. The fourth-order valence-corrected chi connectivity index (χ4v) is 2.91. The Morgan fingerprint density at radius 3 is 2.48 bits per heavy atom. The van der Waals surface area contributed by atoms with E-state index in [0.717, 1.165) is 28.5 Å². The third-order valence-electron chi connectivity index (χ3n) is 3.17. The van der Waals surface area contributed by atoms with Crippen LogP contribution in [0.4, 0.5) is 0 Å². The number of hydrogen-bond acceptors (Lipinski definition) is 3. The van der Waals surface area contributed by atoms with Crippen molar-refractivity contribution in [2.45, 2.75) is 18.1 Å². The molecule has 4 heteroatoms. The average molecular weight is 297 g/mol. The molecule has 2 aromatic rings. The molecule has 0 amide bonds. The maximum absolute atomic E-state index is 10.9. The Morgan fingerprint density at radius 1 is 1.14 bits per heavy atom. The molecule has 0 bridgehead atoms. The van der Waals surface area contributed by atoms with Crippen molar-refractivity contribution in [3.8, 4) is 16.5 Å². The number of rotatable bonds is 6. The molecule has 1 unspecified atom stereocenters. The van der Waals surface area contributed by atoms with Crippen LogP contribution in [0.5, 0.6) is 0 Å². The number of thioether (sulfide) groups is 1. The summed E-state index contributed by atoms with van der Waals surface area (Å²) in [6, 6.07) is 17.9. The van der Waals surface area contributed by atoms with Crippen LogP contribution < -0.4 is 0 Å². The molecule has 0 heterocycles.